The van der Waals surface area contributed by atoms with Crippen LogP contribution in [0.1, 0.15) is 88.1 Å². The van der Waals surface area contributed by atoms with Crippen LogP contribution in [0, 0.1) is 13.8 Å². The topological polar surface area (TPSA) is 108 Å². The Bertz CT molecular complexity index is 1170. The van der Waals surface area contributed by atoms with Gasteiger partial charge in [0.2, 0.25) is 11.8 Å². The maximum Gasteiger partial charge on any atom is 0.408 e. The van der Waals surface area contributed by atoms with Gasteiger partial charge in [-0.1, -0.05) is 49.6 Å². The van der Waals surface area contributed by atoms with E-state index in [0.29, 0.717) is 0 Å². The van der Waals surface area contributed by atoms with Gasteiger partial charge in [-0.25, -0.2) is 4.79 Å². The number of phenols is 1. The minimum Gasteiger partial charge on any atom is -0.508 e. The normalized spacial score (nSPS) is 15.6. The zero-order valence-corrected chi connectivity index (χ0v) is 24.8. The molecule has 218 valence electrons. The molecule has 2 aromatic rings. The molecule has 3 N–H and O–H groups in total. The summed E-state index contributed by atoms with van der Waals surface area (Å²) in [7, 11) is 0. The summed E-state index contributed by atoms with van der Waals surface area (Å²) in [4.78, 5) is 42.5. The van der Waals surface area contributed by atoms with Crippen LogP contribution in [0.4, 0.5) is 4.79 Å². The number of amides is 3. The van der Waals surface area contributed by atoms with E-state index < -0.39 is 23.8 Å². The molecule has 3 amide bonds. The number of hydrogen-bond donors (Lipinski definition) is 3. The van der Waals surface area contributed by atoms with E-state index in [1.165, 1.54) is 18.6 Å². The van der Waals surface area contributed by atoms with Crippen LogP contribution in [0.2, 0.25) is 0 Å². The summed E-state index contributed by atoms with van der Waals surface area (Å²) in [5, 5.41) is 15.7. The molecular weight excluding hydrogens is 506 g/mol. The molecule has 0 bridgehead atoms. The summed E-state index contributed by atoms with van der Waals surface area (Å²) in [5.41, 5.74) is 2.86. The van der Waals surface area contributed by atoms with Crippen LogP contribution in [-0.2, 0) is 20.7 Å². The second-order valence-electron chi connectivity index (χ2n) is 11.8. The Labute approximate surface area is 238 Å². The third-order valence-corrected chi connectivity index (χ3v) is 7.35. The van der Waals surface area contributed by atoms with Crippen molar-refractivity contribution in [2.24, 2.45) is 0 Å². The number of phenolic OH excluding ortho intramolecular Hbond substituents is 1. The van der Waals surface area contributed by atoms with E-state index in [1.54, 1.807) is 37.8 Å². The second-order valence-corrected chi connectivity index (χ2v) is 11.8. The third kappa shape index (κ3) is 8.73. The van der Waals surface area contributed by atoms with Crippen molar-refractivity contribution in [3.63, 3.8) is 0 Å². The molecule has 3 rings (SSSR count). The average molecular weight is 552 g/mol. The van der Waals surface area contributed by atoms with Crippen molar-refractivity contribution >= 4 is 17.9 Å². The molecular formula is C32H45N3O5. The lowest BCUT2D eigenvalue weighted by molar-refractivity contribution is -0.142. The third-order valence-electron chi connectivity index (χ3n) is 7.35. The molecule has 0 aliphatic heterocycles. The van der Waals surface area contributed by atoms with Crippen molar-refractivity contribution in [1.29, 1.82) is 0 Å². The van der Waals surface area contributed by atoms with E-state index in [-0.39, 0.29) is 36.6 Å². The Morgan fingerprint density at radius 2 is 1.65 bits per heavy atom. The molecule has 1 aliphatic rings. The fraction of sp³-hybridized carbons (Fsp3) is 0.531. The Morgan fingerprint density at radius 3 is 2.23 bits per heavy atom. The van der Waals surface area contributed by atoms with Crippen LogP contribution in [0.15, 0.2) is 42.5 Å². The molecule has 0 radical (unpaired) electrons. The summed E-state index contributed by atoms with van der Waals surface area (Å²) in [5.74, 6) is -0.495. The minimum absolute atomic E-state index is 0.0804. The number of carbonyl (C=O) groups excluding carboxylic acids is 3. The number of benzene rings is 2. The first-order valence-corrected chi connectivity index (χ1v) is 14.3. The van der Waals surface area contributed by atoms with Crippen LogP contribution >= 0.6 is 0 Å². The van der Waals surface area contributed by atoms with Gasteiger partial charge in [-0.2, -0.15) is 0 Å². The molecule has 1 saturated carbocycles. The molecule has 0 aromatic heterocycles. The van der Waals surface area contributed by atoms with Gasteiger partial charge >= 0.3 is 6.09 Å². The highest BCUT2D eigenvalue weighted by Crippen LogP contribution is 2.27. The van der Waals surface area contributed by atoms with Crippen LogP contribution in [0.5, 0.6) is 5.75 Å². The fourth-order valence-electron chi connectivity index (χ4n) is 5.12. The molecule has 2 atom stereocenters. The number of nitrogens with one attached hydrogen (secondary N) is 2. The molecule has 0 saturated heterocycles. The summed E-state index contributed by atoms with van der Waals surface area (Å²) in [6.07, 6.45) is 4.62. The maximum absolute atomic E-state index is 14.2. The lowest BCUT2D eigenvalue weighted by Gasteiger charge is -2.35. The molecule has 1 fully saturated rings. The summed E-state index contributed by atoms with van der Waals surface area (Å²) >= 11 is 0. The van der Waals surface area contributed by atoms with Gasteiger partial charge in [0.1, 0.15) is 23.4 Å². The molecule has 2 aromatic carbocycles. The molecule has 8 nitrogen and oxygen atoms in total. The first kappa shape index (κ1) is 31.0. The van der Waals surface area contributed by atoms with Gasteiger partial charge in [-0.3, -0.25) is 9.59 Å². The molecule has 0 spiro atoms. The fourth-order valence-corrected chi connectivity index (χ4v) is 5.12. The zero-order chi connectivity index (χ0) is 29.4. The van der Waals surface area contributed by atoms with E-state index in [1.807, 2.05) is 39.0 Å². The van der Waals surface area contributed by atoms with Crippen LogP contribution < -0.4 is 10.6 Å². The minimum atomic E-state index is -0.990. The number of aryl methyl sites for hydroxylation is 2. The van der Waals surface area contributed by atoms with Gasteiger partial charge < -0.3 is 25.4 Å². The van der Waals surface area contributed by atoms with E-state index >= 15 is 0 Å². The Morgan fingerprint density at radius 1 is 1.00 bits per heavy atom. The highest BCUT2D eigenvalue weighted by molar-refractivity contribution is 5.92. The highest BCUT2D eigenvalue weighted by Gasteiger charge is 2.36. The lowest BCUT2D eigenvalue weighted by Crippen LogP contribution is -2.54. The van der Waals surface area contributed by atoms with Gasteiger partial charge in [-0.15, -0.1) is 0 Å². The van der Waals surface area contributed by atoms with E-state index in [0.717, 1.165) is 47.9 Å². The van der Waals surface area contributed by atoms with Crippen molar-refractivity contribution in [3.8, 4) is 5.75 Å². The second kappa shape index (κ2) is 13.7. The standard InChI is InChI=1S/C32H45N3O5/c1-7-35(28(24-16-13-21(2)22(3)19-24)29(37)33-25-11-9-8-10-12-25)30(38)27(34-31(39)40-32(4,5)6)20-23-14-17-26(36)18-15-23/h13-19,25,27-28,36H,7-12,20H2,1-6H3,(H,33,37)(H,34,39). The summed E-state index contributed by atoms with van der Waals surface area (Å²) < 4.78 is 5.47. The Hall–Kier alpha value is -3.55. The van der Waals surface area contributed by atoms with Gasteiger partial charge in [0.15, 0.2) is 0 Å². The Balaban J connectivity index is 1.97. The predicted molar refractivity (Wildman–Crippen MR) is 156 cm³/mol. The van der Waals surface area contributed by atoms with Gasteiger partial charge in [0.25, 0.3) is 0 Å². The van der Waals surface area contributed by atoms with Gasteiger partial charge in [0.05, 0.1) is 0 Å². The predicted octanol–water partition coefficient (Wildman–Crippen LogP) is 5.48. The van der Waals surface area contributed by atoms with Crippen molar-refractivity contribution in [2.45, 2.75) is 104 Å². The van der Waals surface area contributed by atoms with E-state index in [2.05, 4.69) is 10.6 Å². The summed E-state index contributed by atoms with van der Waals surface area (Å²) in [6, 6.07) is 10.6. The van der Waals surface area contributed by atoms with Crippen LogP contribution in [-0.4, -0.2) is 52.1 Å². The first-order valence-electron chi connectivity index (χ1n) is 14.3. The van der Waals surface area contributed by atoms with Crippen molar-refractivity contribution in [3.05, 3.63) is 64.7 Å². The van der Waals surface area contributed by atoms with E-state index in [4.69, 9.17) is 4.74 Å². The van der Waals surface area contributed by atoms with Crippen LogP contribution in [0.3, 0.4) is 0 Å². The summed E-state index contributed by atoms with van der Waals surface area (Å²) in [6.45, 7) is 11.4. The quantitative estimate of drug-likeness (QED) is 0.382. The SMILES string of the molecule is CCN(C(=O)C(Cc1ccc(O)cc1)NC(=O)OC(C)(C)C)C(C(=O)NC1CCCCC1)c1ccc(C)c(C)c1. The van der Waals surface area contributed by atoms with Crippen molar-refractivity contribution < 1.29 is 24.2 Å². The number of rotatable bonds is 9. The number of nitrogens with zero attached hydrogens (tertiary/aromatic N) is 1. The van der Waals surface area contributed by atoms with Crippen LogP contribution in [0.25, 0.3) is 0 Å². The molecule has 0 heterocycles. The Kier molecular flexibility index (Phi) is 10.6. The number of aromatic hydroxyl groups is 1. The molecule has 40 heavy (non-hydrogen) atoms. The van der Waals surface area contributed by atoms with Crippen molar-refractivity contribution in [2.75, 3.05) is 6.54 Å². The number of carbonyl (C=O) groups is 3. The maximum atomic E-state index is 14.2. The average Bonchev–Trinajstić information content (AvgIpc) is 2.89. The molecule has 1 aliphatic carbocycles. The van der Waals surface area contributed by atoms with Crippen molar-refractivity contribution in [1.82, 2.24) is 15.5 Å². The number of alkyl carbamates (subject to hydrolysis) is 1. The number of ether oxygens (including phenoxy) is 1. The van der Waals surface area contributed by atoms with Gasteiger partial charge in [-0.05, 0) is 88.8 Å². The number of hydrogen-bond acceptors (Lipinski definition) is 5. The number of likely N-dealkylation sites (N-methyl/N-ethyl adjacent to an activating group) is 1. The highest BCUT2D eigenvalue weighted by atomic mass is 16.6. The smallest absolute Gasteiger partial charge is 0.408 e. The zero-order valence-electron chi connectivity index (χ0n) is 24.8. The van der Waals surface area contributed by atoms with Gasteiger partial charge in [0, 0.05) is 19.0 Å². The monoisotopic (exact) mass is 551 g/mol. The van der Waals surface area contributed by atoms with E-state index in [9.17, 15) is 19.5 Å². The molecule has 8 heteroatoms. The first-order chi connectivity index (χ1) is 18.9. The largest absolute Gasteiger partial charge is 0.508 e. The molecule has 2 unspecified atom stereocenters. The lowest BCUT2D eigenvalue weighted by atomic mass is 9.94.